The van der Waals surface area contributed by atoms with Crippen molar-refractivity contribution in [2.75, 3.05) is 0 Å². The van der Waals surface area contributed by atoms with Gasteiger partial charge in [-0.2, -0.15) is 0 Å². The number of carbonyl (C=O) groups is 1. The maximum atomic E-state index is 13.6. The number of hydrogen-bond acceptors (Lipinski definition) is 3. The van der Waals surface area contributed by atoms with E-state index in [2.05, 4.69) is 4.99 Å². The van der Waals surface area contributed by atoms with Crippen LogP contribution in [0.25, 0.3) is 0 Å². The predicted octanol–water partition coefficient (Wildman–Crippen LogP) is 3.12. The third kappa shape index (κ3) is 2.68. The van der Waals surface area contributed by atoms with E-state index in [-0.39, 0.29) is 17.8 Å². The highest BCUT2D eigenvalue weighted by Crippen LogP contribution is 2.24. The van der Waals surface area contributed by atoms with Gasteiger partial charge in [-0.15, -0.1) is 0 Å². The van der Waals surface area contributed by atoms with Crippen LogP contribution in [0.15, 0.2) is 33.8 Å². The topological polar surface area (TPSA) is 53.3 Å². The SMILES string of the molecule is CC(=O)C1=C(C)N=C(Cc2ccc(F)cc2F)S1=N. The molecule has 1 unspecified atom stereocenters. The van der Waals surface area contributed by atoms with Crippen LogP contribution in [0.1, 0.15) is 19.4 Å². The van der Waals surface area contributed by atoms with E-state index >= 15 is 0 Å². The highest BCUT2D eigenvalue weighted by molar-refractivity contribution is 8.06. The van der Waals surface area contributed by atoms with Gasteiger partial charge in [0.25, 0.3) is 0 Å². The Balaban J connectivity index is 2.26. The van der Waals surface area contributed by atoms with Crippen molar-refractivity contribution in [2.24, 2.45) is 4.99 Å². The standard InChI is InChI=1S/C13H12F2N2OS/c1-7-13(8(2)18)19(16)12(17-7)5-9-3-4-10(14)6-11(9)15/h3-4,6,16H,5H2,1-2H3. The van der Waals surface area contributed by atoms with Crippen LogP contribution in [0.3, 0.4) is 0 Å². The summed E-state index contributed by atoms with van der Waals surface area (Å²) in [6.07, 6.45) is 0.118. The summed E-state index contributed by atoms with van der Waals surface area (Å²) in [5, 5.41) is 0.438. The lowest BCUT2D eigenvalue weighted by Crippen LogP contribution is -2.12. The fraction of sp³-hybridized carbons (Fsp3) is 0.231. The molecule has 0 bridgehead atoms. The van der Waals surface area contributed by atoms with Crippen LogP contribution in [0.2, 0.25) is 0 Å². The molecule has 1 aromatic carbocycles. The fourth-order valence-corrected chi connectivity index (χ4v) is 3.28. The smallest absolute Gasteiger partial charge is 0.169 e. The van der Waals surface area contributed by atoms with Crippen molar-refractivity contribution < 1.29 is 13.6 Å². The van der Waals surface area contributed by atoms with E-state index in [1.807, 2.05) is 0 Å². The van der Waals surface area contributed by atoms with Gasteiger partial charge in [0.15, 0.2) is 5.78 Å². The number of nitrogens with zero attached hydrogens (tertiary/aromatic N) is 1. The van der Waals surface area contributed by atoms with Crippen molar-refractivity contribution in [1.82, 2.24) is 0 Å². The molecular formula is C13H12F2N2OS. The Labute approximate surface area is 111 Å². The highest BCUT2D eigenvalue weighted by Gasteiger charge is 2.24. The van der Waals surface area contributed by atoms with E-state index in [1.165, 1.54) is 19.1 Å². The predicted molar refractivity (Wildman–Crippen MR) is 71.0 cm³/mol. The summed E-state index contributed by atoms with van der Waals surface area (Å²) < 4.78 is 34.4. The van der Waals surface area contributed by atoms with Crippen LogP contribution in [0, 0.1) is 16.4 Å². The molecule has 0 radical (unpaired) electrons. The van der Waals surface area contributed by atoms with Gasteiger partial charge in [-0.3, -0.25) is 9.57 Å². The summed E-state index contributed by atoms with van der Waals surface area (Å²) in [7, 11) is -1.15. The molecule has 0 fully saturated rings. The van der Waals surface area contributed by atoms with Crippen LogP contribution < -0.4 is 0 Å². The number of rotatable bonds is 3. The number of nitrogens with one attached hydrogen (secondary N) is 1. The van der Waals surface area contributed by atoms with Gasteiger partial charge in [0.05, 0.1) is 15.6 Å². The molecule has 3 nitrogen and oxygen atoms in total. The average Bonchev–Trinajstić information content (AvgIpc) is 2.58. The van der Waals surface area contributed by atoms with Crippen LogP contribution in [0.4, 0.5) is 8.78 Å². The largest absolute Gasteiger partial charge is 0.294 e. The van der Waals surface area contributed by atoms with Crippen LogP contribution in [-0.2, 0) is 21.9 Å². The molecule has 0 saturated carbocycles. The molecular weight excluding hydrogens is 270 g/mol. The minimum absolute atomic E-state index is 0.118. The number of aliphatic imine (C=N–C) groups is 1. The Morgan fingerprint density at radius 3 is 2.63 bits per heavy atom. The van der Waals surface area contributed by atoms with Gasteiger partial charge in [-0.25, -0.2) is 13.8 Å². The zero-order valence-corrected chi connectivity index (χ0v) is 11.3. The molecule has 0 saturated heterocycles. The maximum Gasteiger partial charge on any atom is 0.169 e. The zero-order chi connectivity index (χ0) is 14.2. The lowest BCUT2D eigenvalue weighted by Gasteiger charge is -2.05. The lowest BCUT2D eigenvalue weighted by molar-refractivity contribution is -0.113. The van der Waals surface area contributed by atoms with Crippen LogP contribution >= 0.6 is 0 Å². The fourth-order valence-electron chi connectivity index (χ4n) is 1.89. The second kappa shape index (κ2) is 5.13. The number of Topliss-reactive ketones (excluding diaryl/α,β-unsaturated/α-hetero) is 1. The third-order valence-electron chi connectivity index (χ3n) is 2.74. The Bertz CT molecular complexity index is 650. The molecule has 1 N–H and O–H groups in total. The van der Waals surface area contributed by atoms with E-state index < -0.39 is 22.3 Å². The highest BCUT2D eigenvalue weighted by atomic mass is 32.2. The summed E-state index contributed by atoms with van der Waals surface area (Å²) >= 11 is 0. The molecule has 19 heavy (non-hydrogen) atoms. The molecule has 6 heteroatoms. The minimum atomic E-state index is -1.15. The quantitative estimate of drug-likeness (QED) is 0.909. The molecule has 0 aliphatic carbocycles. The first-order chi connectivity index (χ1) is 8.90. The van der Waals surface area contributed by atoms with E-state index in [0.29, 0.717) is 15.6 Å². The summed E-state index contributed by atoms with van der Waals surface area (Å²) in [5.41, 5.74) is 0.797. The lowest BCUT2D eigenvalue weighted by atomic mass is 10.1. The Kier molecular flexibility index (Phi) is 3.71. The van der Waals surface area contributed by atoms with Gasteiger partial charge in [-0.05, 0) is 36.2 Å². The minimum Gasteiger partial charge on any atom is -0.294 e. The number of benzene rings is 1. The van der Waals surface area contributed by atoms with Gasteiger partial charge in [0, 0.05) is 12.5 Å². The van der Waals surface area contributed by atoms with Crippen molar-refractivity contribution in [1.29, 1.82) is 4.78 Å². The maximum absolute atomic E-state index is 13.6. The van der Waals surface area contributed by atoms with E-state index in [9.17, 15) is 13.6 Å². The van der Waals surface area contributed by atoms with Gasteiger partial charge < -0.3 is 0 Å². The molecule has 0 amide bonds. The molecule has 1 aliphatic rings. The third-order valence-corrected chi connectivity index (χ3v) is 4.44. The zero-order valence-electron chi connectivity index (χ0n) is 10.5. The van der Waals surface area contributed by atoms with Gasteiger partial charge in [0.2, 0.25) is 0 Å². The molecule has 1 atom stereocenters. The van der Waals surface area contributed by atoms with E-state index in [4.69, 9.17) is 4.78 Å². The first kappa shape index (κ1) is 13.7. The summed E-state index contributed by atoms with van der Waals surface area (Å²) in [6.45, 7) is 3.06. The molecule has 100 valence electrons. The first-order valence-electron chi connectivity index (χ1n) is 5.59. The summed E-state index contributed by atoms with van der Waals surface area (Å²) in [5.74, 6) is -1.49. The second-order valence-corrected chi connectivity index (χ2v) is 5.69. The van der Waals surface area contributed by atoms with E-state index in [1.54, 1.807) is 6.92 Å². The summed E-state index contributed by atoms with van der Waals surface area (Å²) in [6, 6.07) is 3.31. The first-order valence-corrected chi connectivity index (χ1v) is 6.81. The van der Waals surface area contributed by atoms with Crippen molar-refractivity contribution in [3.8, 4) is 0 Å². The van der Waals surface area contributed by atoms with Crippen molar-refractivity contribution in [3.63, 3.8) is 0 Å². The van der Waals surface area contributed by atoms with Gasteiger partial charge in [-0.1, -0.05) is 6.07 Å². The molecule has 0 spiro atoms. The average molecular weight is 282 g/mol. The second-order valence-electron chi connectivity index (χ2n) is 4.19. The monoisotopic (exact) mass is 282 g/mol. The normalized spacial score (nSPS) is 18.7. The van der Waals surface area contributed by atoms with Crippen molar-refractivity contribution in [3.05, 3.63) is 46.0 Å². The van der Waals surface area contributed by atoms with Crippen molar-refractivity contribution >= 4 is 21.5 Å². The molecule has 2 rings (SSSR count). The van der Waals surface area contributed by atoms with Crippen LogP contribution in [0.5, 0.6) is 0 Å². The molecule has 1 aliphatic heterocycles. The number of ketones is 1. The summed E-state index contributed by atoms with van der Waals surface area (Å²) in [4.78, 5) is 16.0. The number of allylic oxidation sites excluding steroid dienone is 2. The molecule has 0 aromatic heterocycles. The molecule has 1 heterocycles. The Morgan fingerprint density at radius 2 is 2.11 bits per heavy atom. The molecule has 1 aromatic rings. The van der Waals surface area contributed by atoms with Crippen LogP contribution in [-0.4, -0.2) is 10.8 Å². The Hall–Kier alpha value is -1.69. The number of halogens is 2. The van der Waals surface area contributed by atoms with Gasteiger partial charge in [0.1, 0.15) is 11.6 Å². The van der Waals surface area contributed by atoms with Crippen molar-refractivity contribution in [2.45, 2.75) is 20.3 Å². The number of hydrogen-bond donors (Lipinski definition) is 1. The van der Waals surface area contributed by atoms with E-state index in [0.717, 1.165) is 6.07 Å². The number of carbonyl (C=O) groups excluding carboxylic acids is 1. The van der Waals surface area contributed by atoms with Gasteiger partial charge >= 0.3 is 0 Å². The Morgan fingerprint density at radius 1 is 1.42 bits per heavy atom.